The van der Waals surface area contributed by atoms with Crippen LogP contribution in [0.4, 0.5) is 5.69 Å². The van der Waals surface area contributed by atoms with Gasteiger partial charge in [-0.2, -0.15) is 0 Å². The van der Waals surface area contributed by atoms with Gasteiger partial charge in [-0.25, -0.2) is 13.1 Å². The van der Waals surface area contributed by atoms with Crippen molar-refractivity contribution in [2.24, 2.45) is 0 Å². The second-order valence-electron chi connectivity index (χ2n) is 18.5. The summed E-state index contributed by atoms with van der Waals surface area (Å²) >= 11 is 0. The van der Waals surface area contributed by atoms with Crippen molar-refractivity contribution in [1.29, 1.82) is 0 Å². The predicted molar refractivity (Wildman–Crippen MR) is 241 cm³/mol. The van der Waals surface area contributed by atoms with E-state index in [4.69, 9.17) is 18.9 Å². The van der Waals surface area contributed by atoms with Crippen molar-refractivity contribution < 1.29 is 42.4 Å². The van der Waals surface area contributed by atoms with Crippen LogP contribution in [0.15, 0.2) is 63.8 Å². The molecule has 342 valence electrons. The number of allylic oxidation sites excluding steroid dienone is 1. The minimum Gasteiger partial charge on any atom is -0.456 e. The van der Waals surface area contributed by atoms with Crippen LogP contribution in [-0.2, 0) is 41.9 Å². The highest BCUT2D eigenvalue weighted by Crippen LogP contribution is 2.54. The van der Waals surface area contributed by atoms with Crippen molar-refractivity contribution in [3.8, 4) is 5.75 Å². The molecule has 1 amide bonds. The lowest BCUT2D eigenvalue weighted by molar-refractivity contribution is -0.237. The molecule has 0 saturated carbocycles. The molecular formula is C49H66N4O9S. The largest absolute Gasteiger partial charge is 0.456 e. The Labute approximate surface area is 372 Å². The molecule has 2 aromatic rings. The van der Waals surface area contributed by atoms with Crippen LogP contribution in [0.5, 0.6) is 5.75 Å². The zero-order valence-corrected chi connectivity index (χ0v) is 37.9. The number of fused-ring (bicyclic) bond motifs is 3. The van der Waals surface area contributed by atoms with Gasteiger partial charge < -0.3 is 39.4 Å². The number of rotatable bonds is 17. The Balaban J connectivity index is 0.824. The summed E-state index contributed by atoms with van der Waals surface area (Å²) in [5, 5.41) is 23.7. The lowest BCUT2D eigenvalue weighted by Gasteiger charge is -2.47. The van der Waals surface area contributed by atoms with Gasteiger partial charge in [0.2, 0.25) is 15.9 Å². The number of anilines is 1. The van der Waals surface area contributed by atoms with Gasteiger partial charge in [0, 0.05) is 66.8 Å². The van der Waals surface area contributed by atoms with E-state index < -0.39 is 40.5 Å². The smallest absolute Gasteiger partial charge is 0.246 e. The number of unbranched alkanes of at least 4 members (excludes halogenated alkanes) is 5. The van der Waals surface area contributed by atoms with E-state index in [-0.39, 0.29) is 25.2 Å². The molecule has 0 aromatic heterocycles. The molecule has 5 unspecified atom stereocenters. The monoisotopic (exact) mass is 886 g/mol. The molecule has 6 heterocycles. The van der Waals surface area contributed by atoms with Gasteiger partial charge in [-0.1, -0.05) is 43.9 Å². The second-order valence-corrected chi connectivity index (χ2v) is 20.2. The minimum atomic E-state index is -3.86. The van der Waals surface area contributed by atoms with Crippen LogP contribution in [0, 0.1) is 0 Å². The molecule has 7 aliphatic rings. The Morgan fingerprint density at radius 2 is 1.62 bits per heavy atom. The van der Waals surface area contributed by atoms with Gasteiger partial charge in [-0.3, -0.25) is 9.69 Å². The average molecular weight is 887 g/mol. The molecule has 0 radical (unpaired) electrons. The van der Waals surface area contributed by atoms with Gasteiger partial charge in [0.1, 0.15) is 42.5 Å². The molecule has 13 nitrogen and oxygen atoms in total. The van der Waals surface area contributed by atoms with E-state index in [1.165, 1.54) is 35.1 Å². The molecule has 6 atom stereocenters. The third-order valence-corrected chi connectivity index (χ3v) is 15.8. The maximum Gasteiger partial charge on any atom is 0.246 e. The Morgan fingerprint density at radius 1 is 0.889 bits per heavy atom. The highest BCUT2D eigenvalue weighted by Gasteiger charge is 2.45. The van der Waals surface area contributed by atoms with Crippen LogP contribution in [0.2, 0.25) is 0 Å². The molecule has 1 aliphatic carbocycles. The third kappa shape index (κ3) is 9.03. The number of piperidine rings is 2. The number of hydrogen-bond donors (Lipinski definition) is 4. The topological polar surface area (TPSA) is 159 Å². The second kappa shape index (κ2) is 19.5. The average Bonchev–Trinajstić information content (AvgIpc) is 3.28. The minimum absolute atomic E-state index is 0.147. The van der Waals surface area contributed by atoms with Crippen LogP contribution in [-0.4, -0.2) is 126 Å². The quantitative estimate of drug-likeness (QED) is 0.153. The number of aryl methyl sites for hydroxylation is 1. The molecule has 2 aromatic carbocycles. The molecule has 9 rings (SSSR count). The van der Waals surface area contributed by atoms with Gasteiger partial charge >= 0.3 is 0 Å². The van der Waals surface area contributed by atoms with Crippen molar-refractivity contribution in [2.75, 3.05) is 64.5 Å². The van der Waals surface area contributed by atoms with Crippen LogP contribution < -0.4 is 19.7 Å². The number of amides is 1. The zero-order valence-electron chi connectivity index (χ0n) is 37.0. The zero-order chi connectivity index (χ0) is 43.7. The number of aliphatic hydroxyl groups excluding tert-OH is 2. The summed E-state index contributed by atoms with van der Waals surface area (Å²) in [6.07, 6.45) is 11.7. The van der Waals surface area contributed by atoms with Gasteiger partial charge in [0.25, 0.3) is 0 Å². The van der Waals surface area contributed by atoms with Gasteiger partial charge in [-0.05, 0) is 119 Å². The molecule has 3 saturated heterocycles. The molecule has 0 bridgehead atoms. The lowest BCUT2D eigenvalue weighted by atomic mass is 9.75. The van der Waals surface area contributed by atoms with E-state index in [2.05, 4.69) is 32.0 Å². The van der Waals surface area contributed by atoms with Crippen molar-refractivity contribution in [1.82, 2.24) is 14.9 Å². The van der Waals surface area contributed by atoms with Crippen LogP contribution in [0.3, 0.4) is 0 Å². The number of benzene rings is 2. The van der Waals surface area contributed by atoms with E-state index in [1.54, 1.807) is 13.0 Å². The summed E-state index contributed by atoms with van der Waals surface area (Å²) in [5.41, 5.74) is 10.6. The Bertz CT molecular complexity index is 2240. The van der Waals surface area contributed by atoms with Gasteiger partial charge in [0.05, 0.1) is 23.6 Å². The Kier molecular flexibility index (Phi) is 13.8. The number of carbonyl (C=O) groups is 1. The van der Waals surface area contributed by atoms with Gasteiger partial charge in [0.15, 0.2) is 0 Å². The molecule has 3 fully saturated rings. The summed E-state index contributed by atoms with van der Waals surface area (Å²) in [7, 11) is -2.36. The lowest BCUT2D eigenvalue weighted by Crippen LogP contribution is -2.59. The number of nitrogens with zero attached hydrogens (tertiary/aromatic N) is 2. The fourth-order valence-electron chi connectivity index (χ4n) is 11.3. The van der Waals surface area contributed by atoms with Crippen molar-refractivity contribution >= 4 is 27.2 Å². The predicted octanol–water partition coefficient (Wildman–Crippen LogP) is 5.31. The first-order chi connectivity index (χ1) is 30.6. The molecular weight excluding hydrogens is 821 g/mol. The van der Waals surface area contributed by atoms with Crippen LogP contribution >= 0.6 is 0 Å². The number of sulfonamides is 1. The third-order valence-electron chi connectivity index (χ3n) is 14.3. The number of aliphatic hydroxyl groups is 2. The van der Waals surface area contributed by atoms with Crippen molar-refractivity contribution in [3.63, 3.8) is 0 Å². The van der Waals surface area contributed by atoms with Crippen LogP contribution in [0.1, 0.15) is 106 Å². The first-order valence-corrected chi connectivity index (χ1v) is 25.1. The summed E-state index contributed by atoms with van der Waals surface area (Å²) < 4.78 is 55.3. The standard InChI is InChI=1S/C49H66N4O9S/c1-31-47(46(56)45(55)39(61-31)29-59-2)60-30-41(54)50-21-9-5-3-4-6-10-22-51-63(57,58)40-20-8-7-17-34(40)42-37-27-32-15-11-23-52-25-13-18-35(43(32)52)48(37)62-49-36-19-14-26-53-24-12-16-33(44(36)53)28-38(42)49/h7-8,17,20,27-28,31,39,43,45-47,51,55-56H,3-6,9-16,18-19,21-26,29-30H2,1-2H3,(H,50,54)/t31-,39?,43?,45?,46?,47?/m1/s1. The summed E-state index contributed by atoms with van der Waals surface area (Å²) in [5.74, 6) is 1.60. The molecule has 6 aliphatic heterocycles. The number of hydrogen-bond acceptors (Lipinski definition) is 11. The molecule has 63 heavy (non-hydrogen) atoms. The Morgan fingerprint density at radius 3 is 2.43 bits per heavy atom. The first kappa shape index (κ1) is 44.6. The first-order valence-electron chi connectivity index (χ1n) is 23.7. The number of nitrogens with one attached hydrogen (secondary N) is 2. The van der Waals surface area contributed by atoms with E-state index in [9.17, 15) is 23.4 Å². The summed E-state index contributed by atoms with van der Waals surface area (Å²) in [6, 6.07) is 10.2. The molecule has 0 spiro atoms. The van der Waals surface area contributed by atoms with E-state index >= 15 is 0 Å². The summed E-state index contributed by atoms with van der Waals surface area (Å²) in [4.78, 5) is 17.9. The van der Waals surface area contributed by atoms with Crippen molar-refractivity contribution in [2.45, 2.75) is 138 Å². The molecule has 14 heteroatoms. The summed E-state index contributed by atoms with van der Waals surface area (Å²) in [6.45, 7) is 6.85. The SMILES string of the molecule is COCC1O[C@H](C)C(OCC(=O)NCCCCCCCCNS(=O)(=O)c2ccccc2C2=C3C=C4CCCN5CCCC(=C3Oc3c2cc2c6c3CCCN6CCC2)C45)C(O)C1O. The highest BCUT2D eigenvalue weighted by atomic mass is 32.2. The van der Waals surface area contributed by atoms with E-state index in [1.807, 2.05) is 18.2 Å². The number of carbonyl (C=O) groups excluding carboxylic acids is 1. The maximum absolute atomic E-state index is 14.4. The fourth-order valence-corrected chi connectivity index (χ4v) is 12.6. The van der Waals surface area contributed by atoms with Gasteiger partial charge in [-0.15, -0.1) is 0 Å². The number of methoxy groups -OCH3 is 1. The number of ether oxygens (including phenoxy) is 4. The maximum atomic E-state index is 14.4. The van der Waals surface area contributed by atoms with Crippen molar-refractivity contribution in [3.05, 3.63) is 81.1 Å². The molecule has 4 N–H and O–H groups in total. The Hall–Kier alpha value is -3.60. The normalized spacial score (nSPS) is 26.6. The highest BCUT2D eigenvalue weighted by molar-refractivity contribution is 7.89. The fraction of sp³-hybridized carbons (Fsp3) is 0.612. The van der Waals surface area contributed by atoms with E-state index in [0.717, 1.165) is 150 Å². The van der Waals surface area contributed by atoms with E-state index in [0.29, 0.717) is 18.0 Å². The van der Waals surface area contributed by atoms with Crippen LogP contribution in [0.25, 0.3) is 5.57 Å².